The number of hydrogen-bond acceptors (Lipinski definition) is 6. The summed E-state index contributed by atoms with van der Waals surface area (Å²) in [6, 6.07) is 7.27. The molecule has 2 atom stereocenters. The fourth-order valence-electron chi connectivity index (χ4n) is 4.31. The first-order chi connectivity index (χ1) is 14.3. The third-order valence-electron chi connectivity index (χ3n) is 5.65. The van der Waals surface area contributed by atoms with Crippen LogP contribution in [0.5, 0.6) is 0 Å². The second kappa shape index (κ2) is 8.65. The zero-order chi connectivity index (χ0) is 23.1. The second-order valence-corrected chi connectivity index (χ2v) is 11.8. The minimum Gasteiger partial charge on any atom is -0.266 e. The first-order valence-corrected chi connectivity index (χ1v) is 13.1. The van der Waals surface area contributed by atoms with Crippen molar-refractivity contribution in [2.45, 2.75) is 57.8 Å². The standard InChI is InChI=1S/C23H30O6S2/c1-14-7-16(3)22(17(4)8-14)30(24,25)28-12-20-11-21(20)13-29-31(26,27)23-18(5)9-15(2)10-19(23)6/h7-10,20-21H,11-13H2,1-6H3. The van der Waals surface area contributed by atoms with Gasteiger partial charge in [0.05, 0.1) is 23.0 Å². The van der Waals surface area contributed by atoms with Crippen LogP contribution >= 0.6 is 0 Å². The van der Waals surface area contributed by atoms with Crippen molar-refractivity contribution in [3.05, 3.63) is 57.6 Å². The molecule has 0 amide bonds. The van der Waals surface area contributed by atoms with Crippen LogP contribution in [0.4, 0.5) is 0 Å². The lowest BCUT2D eigenvalue weighted by molar-refractivity contribution is 0.261. The van der Waals surface area contributed by atoms with E-state index in [1.165, 1.54) is 0 Å². The smallest absolute Gasteiger partial charge is 0.266 e. The number of rotatable bonds is 8. The van der Waals surface area contributed by atoms with Gasteiger partial charge in [0.1, 0.15) is 0 Å². The van der Waals surface area contributed by atoms with Gasteiger partial charge in [-0.25, -0.2) is 0 Å². The van der Waals surface area contributed by atoms with Crippen LogP contribution in [0.25, 0.3) is 0 Å². The molecule has 2 aromatic carbocycles. The zero-order valence-electron chi connectivity index (χ0n) is 18.9. The summed E-state index contributed by atoms with van der Waals surface area (Å²) < 4.78 is 61.3. The Balaban J connectivity index is 1.59. The molecule has 170 valence electrons. The maximum absolute atomic E-state index is 12.7. The van der Waals surface area contributed by atoms with E-state index in [-0.39, 0.29) is 34.8 Å². The van der Waals surface area contributed by atoms with Gasteiger partial charge in [0.25, 0.3) is 20.2 Å². The van der Waals surface area contributed by atoms with Gasteiger partial charge < -0.3 is 0 Å². The molecule has 0 N–H and O–H groups in total. The summed E-state index contributed by atoms with van der Waals surface area (Å²) in [4.78, 5) is 0.416. The van der Waals surface area contributed by atoms with Crippen LogP contribution in [0.2, 0.25) is 0 Å². The monoisotopic (exact) mass is 466 g/mol. The molecule has 1 aliphatic carbocycles. The van der Waals surface area contributed by atoms with Crippen molar-refractivity contribution in [2.75, 3.05) is 13.2 Å². The van der Waals surface area contributed by atoms with Crippen molar-refractivity contribution in [3.63, 3.8) is 0 Å². The lowest BCUT2D eigenvalue weighted by Crippen LogP contribution is -2.15. The summed E-state index contributed by atoms with van der Waals surface area (Å²) in [6.07, 6.45) is 0.669. The van der Waals surface area contributed by atoms with Crippen molar-refractivity contribution in [2.24, 2.45) is 11.8 Å². The van der Waals surface area contributed by atoms with Gasteiger partial charge >= 0.3 is 0 Å². The van der Waals surface area contributed by atoms with E-state index in [1.807, 2.05) is 38.1 Å². The molecular formula is C23H30O6S2. The average Bonchev–Trinajstić information content (AvgIpc) is 3.34. The SMILES string of the molecule is Cc1cc(C)c(S(=O)(=O)OCC2CC2COS(=O)(=O)c2c(C)cc(C)cc2C)c(C)c1. The lowest BCUT2D eigenvalue weighted by Gasteiger charge is -2.13. The molecular weight excluding hydrogens is 436 g/mol. The van der Waals surface area contributed by atoms with E-state index in [0.717, 1.165) is 11.1 Å². The fraction of sp³-hybridized carbons (Fsp3) is 0.478. The minimum absolute atomic E-state index is 0.0196. The Morgan fingerprint density at radius 1 is 0.645 bits per heavy atom. The topological polar surface area (TPSA) is 86.7 Å². The van der Waals surface area contributed by atoms with Gasteiger partial charge in [-0.2, -0.15) is 16.8 Å². The van der Waals surface area contributed by atoms with Crippen LogP contribution in [-0.4, -0.2) is 30.0 Å². The molecule has 1 saturated carbocycles. The van der Waals surface area contributed by atoms with Crippen molar-refractivity contribution in [1.82, 2.24) is 0 Å². The van der Waals surface area contributed by atoms with Crippen molar-refractivity contribution in [1.29, 1.82) is 0 Å². The van der Waals surface area contributed by atoms with E-state index in [4.69, 9.17) is 8.37 Å². The van der Waals surface area contributed by atoms with E-state index in [1.54, 1.807) is 27.7 Å². The van der Waals surface area contributed by atoms with Crippen LogP contribution in [0.3, 0.4) is 0 Å². The second-order valence-electron chi connectivity index (χ2n) is 8.69. The molecule has 0 aromatic heterocycles. The lowest BCUT2D eigenvalue weighted by atomic mass is 10.1. The maximum atomic E-state index is 12.7. The molecule has 0 spiro atoms. The van der Waals surface area contributed by atoms with E-state index in [9.17, 15) is 16.8 Å². The maximum Gasteiger partial charge on any atom is 0.297 e. The van der Waals surface area contributed by atoms with Crippen LogP contribution in [0.15, 0.2) is 34.1 Å². The highest BCUT2D eigenvalue weighted by molar-refractivity contribution is 7.87. The molecule has 2 unspecified atom stereocenters. The third kappa shape index (κ3) is 5.37. The Bertz CT molecular complexity index is 1070. The van der Waals surface area contributed by atoms with Crippen molar-refractivity contribution >= 4 is 20.2 Å². The first-order valence-electron chi connectivity index (χ1n) is 10.3. The predicted octanol–water partition coefficient (Wildman–Crippen LogP) is 4.28. The van der Waals surface area contributed by atoms with Crippen molar-refractivity contribution < 1.29 is 25.2 Å². The molecule has 3 rings (SSSR count). The largest absolute Gasteiger partial charge is 0.297 e. The molecule has 1 aliphatic rings. The van der Waals surface area contributed by atoms with Gasteiger partial charge in [-0.1, -0.05) is 35.4 Å². The van der Waals surface area contributed by atoms with Crippen LogP contribution in [0.1, 0.15) is 39.8 Å². The number of hydrogen-bond donors (Lipinski definition) is 0. The van der Waals surface area contributed by atoms with Crippen LogP contribution < -0.4 is 0 Å². The van der Waals surface area contributed by atoms with Gasteiger partial charge in [0.2, 0.25) is 0 Å². The molecule has 31 heavy (non-hydrogen) atoms. The third-order valence-corrected chi connectivity index (χ3v) is 8.83. The minimum atomic E-state index is -3.88. The summed E-state index contributed by atoms with van der Waals surface area (Å²) >= 11 is 0. The summed E-state index contributed by atoms with van der Waals surface area (Å²) in [5.74, 6) is -0.0903. The van der Waals surface area contributed by atoms with Gasteiger partial charge in [-0.15, -0.1) is 0 Å². The van der Waals surface area contributed by atoms with Gasteiger partial charge in [-0.3, -0.25) is 8.37 Å². The van der Waals surface area contributed by atoms with E-state index >= 15 is 0 Å². The fourth-order valence-corrected chi connectivity index (χ4v) is 7.07. The van der Waals surface area contributed by atoms with E-state index in [2.05, 4.69) is 0 Å². The molecule has 0 heterocycles. The highest BCUT2D eigenvalue weighted by Crippen LogP contribution is 2.40. The molecule has 0 radical (unpaired) electrons. The van der Waals surface area contributed by atoms with Gasteiger partial charge in [-0.05, 0) is 82.1 Å². The molecule has 0 saturated heterocycles. The van der Waals surface area contributed by atoms with E-state index < -0.39 is 20.2 Å². The zero-order valence-corrected chi connectivity index (χ0v) is 20.5. The Kier molecular flexibility index (Phi) is 6.68. The summed E-state index contributed by atoms with van der Waals surface area (Å²) in [6.45, 7) is 10.9. The van der Waals surface area contributed by atoms with Crippen molar-refractivity contribution in [3.8, 4) is 0 Å². The van der Waals surface area contributed by atoms with Crippen LogP contribution in [0, 0.1) is 53.4 Å². The van der Waals surface area contributed by atoms with Gasteiger partial charge in [0.15, 0.2) is 0 Å². The Morgan fingerprint density at radius 2 is 0.935 bits per heavy atom. The Morgan fingerprint density at radius 3 is 1.23 bits per heavy atom. The Hall–Kier alpha value is -1.74. The molecule has 6 nitrogen and oxygen atoms in total. The predicted molar refractivity (Wildman–Crippen MR) is 119 cm³/mol. The highest BCUT2D eigenvalue weighted by atomic mass is 32.2. The highest BCUT2D eigenvalue weighted by Gasteiger charge is 2.40. The first kappa shape index (κ1) is 23.9. The molecule has 8 heteroatoms. The number of benzene rings is 2. The molecule has 2 aromatic rings. The Labute approximate surface area is 185 Å². The molecule has 0 aliphatic heterocycles. The number of aryl methyl sites for hydroxylation is 6. The average molecular weight is 467 g/mol. The summed E-state index contributed by atoms with van der Waals surface area (Å²) in [5, 5.41) is 0. The molecule has 1 fully saturated rings. The van der Waals surface area contributed by atoms with Gasteiger partial charge in [0, 0.05) is 0 Å². The van der Waals surface area contributed by atoms with Crippen LogP contribution in [-0.2, 0) is 28.6 Å². The molecule has 0 bridgehead atoms. The normalized spacial score (nSPS) is 18.9. The quantitative estimate of drug-likeness (QED) is 0.540. The summed E-state index contributed by atoms with van der Waals surface area (Å²) in [5.41, 5.74) is 4.61. The van der Waals surface area contributed by atoms with E-state index in [0.29, 0.717) is 28.7 Å². The summed E-state index contributed by atoms with van der Waals surface area (Å²) in [7, 11) is -7.76.